The molecule has 1 amide bonds. The minimum atomic E-state index is -4.20. The van der Waals surface area contributed by atoms with Crippen molar-refractivity contribution in [2.24, 2.45) is 17.8 Å². The fraction of sp³-hybridized carbons (Fsp3) is 0.933. The summed E-state index contributed by atoms with van der Waals surface area (Å²) in [5, 5.41) is 12.2. The molecule has 0 aromatic rings. The lowest BCUT2D eigenvalue weighted by Gasteiger charge is -2.34. The molecule has 0 radical (unpaired) electrons. The summed E-state index contributed by atoms with van der Waals surface area (Å²) in [5.41, 5.74) is 0. The Morgan fingerprint density at radius 3 is 2.48 bits per heavy atom. The van der Waals surface area contributed by atoms with Gasteiger partial charge in [0.05, 0.1) is 5.92 Å². The first-order valence-electron chi connectivity index (χ1n) is 7.89. The number of amides is 1. The van der Waals surface area contributed by atoms with Crippen LogP contribution in [0.15, 0.2) is 0 Å². The van der Waals surface area contributed by atoms with Crippen molar-refractivity contribution in [1.29, 1.82) is 0 Å². The largest absolute Gasteiger partial charge is 0.396 e. The standard InChI is InChI=1S/C15H24F3NO2/c16-15(17,18)12-6-3-5-10(8-12)14(21)19-13-7-2-1-4-11(13)9-20/h10-13,20H,1-9H2,(H,19,21). The van der Waals surface area contributed by atoms with Crippen molar-refractivity contribution in [2.45, 2.75) is 63.6 Å². The van der Waals surface area contributed by atoms with Gasteiger partial charge < -0.3 is 10.4 Å². The zero-order chi connectivity index (χ0) is 15.5. The molecule has 2 N–H and O–H groups in total. The van der Waals surface area contributed by atoms with E-state index in [9.17, 15) is 23.1 Å². The van der Waals surface area contributed by atoms with Crippen molar-refractivity contribution >= 4 is 5.91 Å². The lowest BCUT2D eigenvalue weighted by molar-refractivity contribution is -0.186. The van der Waals surface area contributed by atoms with Crippen molar-refractivity contribution in [3.8, 4) is 0 Å². The zero-order valence-electron chi connectivity index (χ0n) is 12.2. The summed E-state index contributed by atoms with van der Waals surface area (Å²) in [6.45, 7) is 0.0286. The molecular formula is C15H24F3NO2. The molecule has 2 aliphatic rings. The van der Waals surface area contributed by atoms with Gasteiger partial charge in [0.1, 0.15) is 0 Å². The molecule has 0 aromatic heterocycles. The number of hydrogen-bond acceptors (Lipinski definition) is 2. The Kier molecular flexibility index (Phi) is 5.52. The second-order valence-electron chi connectivity index (χ2n) is 6.44. The van der Waals surface area contributed by atoms with Crippen molar-refractivity contribution in [3.63, 3.8) is 0 Å². The van der Waals surface area contributed by atoms with Crippen LogP contribution < -0.4 is 5.32 Å². The summed E-state index contributed by atoms with van der Waals surface area (Å²) in [5.74, 6) is -2.09. The summed E-state index contributed by atoms with van der Waals surface area (Å²) in [4.78, 5) is 12.2. The van der Waals surface area contributed by atoms with E-state index in [1.807, 2.05) is 0 Å². The van der Waals surface area contributed by atoms with Crippen LogP contribution in [0.2, 0.25) is 0 Å². The van der Waals surface area contributed by atoms with Crippen molar-refractivity contribution in [3.05, 3.63) is 0 Å². The monoisotopic (exact) mass is 307 g/mol. The smallest absolute Gasteiger partial charge is 0.391 e. The maximum atomic E-state index is 12.8. The highest BCUT2D eigenvalue weighted by Gasteiger charge is 2.43. The summed E-state index contributed by atoms with van der Waals surface area (Å²) >= 11 is 0. The third-order valence-corrected chi connectivity index (χ3v) is 4.98. The van der Waals surface area contributed by atoms with Crippen molar-refractivity contribution < 1.29 is 23.1 Å². The predicted molar refractivity (Wildman–Crippen MR) is 72.5 cm³/mol. The minimum Gasteiger partial charge on any atom is -0.396 e. The number of halogens is 3. The van der Waals surface area contributed by atoms with Crippen LogP contribution in [-0.4, -0.2) is 29.8 Å². The summed E-state index contributed by atoms with van der Waals surface area (Å²) in [6.07, 6.45) is 0.558. The Morgan fingerprint density at radius 1 is 1.10 bits per heavy atom. The fourth-order valence-electron chi connectivity index (χ4n) is 3.64. The average Bonchev–Trinajstić information content (AvgIpc) is 2.47. The van der Waals surface area contributed by atoms with Gasteiger partial charge >= 0.3 is 6.18 Å². The average molecular weight is 307 g/mol. The zero-order valence-corrected chi connectivity index (χ0v) is 12.2. The molecule has 0 spiro atoms. The van der Waals surface area contributed by atoms with Crippen LogP contribution in [0.5, 0.6) is 0 Å². The topological polar surface area (TPSA) is 49.3 Å². The van der Waals surface area contributed by atoms with Gasteiger partial charge in [-0.25, -0.2) is 0 Å². The molecule has 122 valence electrons. The van der Waals surface area contributed by atoms with E-state index in [0.717, 1.165) is 25.7 Å². The van der Waals surface area contributed by atoms with E-state index in [1.54, 1.807) is 0 Å². The quantitative estimate of drug-likeness (QED) is 0.842. The third kappa shape index (κ3) is 4.34. The van der Waals surface area contributed by atoms with E-state index in [1.165, 1.54) is 0 Å². The fourth-order valence-corrected chi connectivity index (χ4v) is 3.64. The van der Waals surface area contributed by atoms with Crippen LogP contribution in [0.1, 0.15) is 51.4 Å². The number of carbonyl (C=O) groups excluding carboxylic acids is 1. The second-order valence-corrected chi connectivity index (χ2v) is 6.44. The molecule has 0 saturated heterocycles. The van der Waals surface area contributed by atoms with Crippen LogP contribution >= 0.6 is 0 Å². The summed E-state index contributed by atoms with van der Waals surface area (Å²) in [7, 11) is 0. The highest BCUT2D eigenvalue weighted by atomic mass is 19.4. The van der Waals surface area contributed by atoms with E-state index >= 15 is 0 Å². The second kappa shape index (κ2) is 6.99. The van der Waals surface area contributed by atoms with Gasteiger partial charge in [0, 0.05) is 24.5 Å². The maximum absolute atomic E-state index is 12.8. The molecule has 0 bridgehead atoms. The Bertz CT molecular complexity index is 359. The molecule has 4 unspecified atom stereocenters. The lowest BCUT2D eigenvalue weighted by Crippen LogP contribution is -2.47. The van der Waals surface area contributed by atoms with Crippen LogP contribution in [0.25, 0.3) is 0 Å². The number of aliphatic hydroxyl groups excluding tert-OH is 1. The maximum Gasteiger partial charge on any atom is 0.391 e. The number of nitrogens with one attached hydrogen (secondary N) is 1. The van der Waals surface area contributed by atoms with Gasteiger partial charge in [-0.2, -0.15) is 13.2 Å². The van der Waals surface area contributed by atoms with Gasteiger partial charge in [0.15, 0.2) is 0 Å². The molecule has 6 heteroatoms. The Hall–Kier alpha value is -0.780. The lowest BCUT2D eigenvalue weighted by atomic mass is 9.79. The van der Waals surface area contributed by atoms with E-state index in [0.29, 0.717) is 12.8 Å². The Morgan fingerprint density at radius 2 is 1.81 bits per heavy atom. The number of alkyl halides is 3. The summed E-state index contributed by atoms with van der Waals surface area (Å²) < 4.78 is 38.4. The van der Waals surface area contributed by atoms with Gasteiger partial charge in [-0.15, -0.1) is 0 Å². The molecule has 2 saturated carbocycles. The summed E-state index contributed by atoms with van der Waals surface area (Å²) in [6, 6.07) is -0.0810. The highest BCUT2D eigenvalue weighted by Crippen LogP contribution is 2.40. The molecule has 0 heterocycles. The van der Waals surface area contributed by atoms with Crippen LogP contribution in [-0.2, 0) is 4.79 Å². The molecule has 0 aliphatic heterocycles. The van der Waals surface area contributed by atoms with Gasteiger partial charge in [0.25, 0.3) is 0 Å². The first kappa shape index (κ1) is 16.6. The van der Waals surface area contributed by atoms with Crippen LogP contribution in [0.3, 0.4) is 0 Å². The Labute approximate surface area is 123 Å². The Balaban J connectivity index is 1.90. The number of hydrogen-bond donors (Lipinski definition) is 2. The van der Waals surface area contributed by atoms with E-state index in [2.05, 4.69) is 5.32 Å². The SMILES string of the molecule is O=C(NC1CCCCC1CO)C1CCCC(C(F)(F)F)C1. The van der Waals surface area contributed by atoms with E-state index < -0.39 is 18.0 Å². The van der Waals surface area contributed by atoms with E-state index in [-0.39, 0.29) is 37.3 Å². The minimum absolute atomic E-state index is 0.0286. The third-order valence-electron chi connectivity index (χ3n) is 4.98. The molecule has 0 aromatic carbocycles. The molecule has 2 aliphatic carbocycles. The normalized spacial score (nSPS) is 34.5. The van der Waals surface area contributed by atoms with E-state index in [4.69, 9.17) is 0 Å². The first-order chi connectivity index (χ1) is 9.91. The van der Waals surface area contributed by atoms with Crippen LogP contribution in [0, 0.1) is 17.8 Å². The molecular weight excluding hydrogens is 283 g/mol. The van der Waals surface area contributed by atoms with Gasteiger partial charge in [-0.1, -0.05) is 19.3 Å². The molecule has 3 nitrogen and oxygen atoms in total. The number of rotatable bonds is 3. The molecule has 2 rings (SSSR count). The first-order valence-corrected chi connectivity index (χ1v) is 7.89. The van der Waals surface area contributed by atoms with Gasteiger partial charge in [-0.05, 0) is 32.1 Å². The number of carbonyl (C=O) groups is 1. The number of aliphatic hydroxyl groups is 1. The molecule has 2 fully saturated rings. The molecule has 21 heavy (non-hydrogen) atoms. The van der Waals surface area contributed by atoms with Crippen molar-refractivity contribution in [1.82, 2.24) is 5.32 Å². The van der Waals surface area contributed by atoms with Gasteiger partial charge in [-0.3, -0.25) is 4.79 Å². The predicted octanol–water partition coefficient (Wildman–Crippen LogP) is 3.02. The van der Waals surface area contributed by atoms with Crippen molar-refractivity contribution in [2.75, 3.05) is 6.61 Å². The van der Waals surface area contributed by atoms with Gasteiger partial charge in [0.2, 0.25) is 5.91 Å². The van der Waals surface area contributed by atoms with Crippen LogP contribution in [0.4, 0.5) is 13.2 Å². The highest BCUT2D eigenvalue weighted by molar-refractivity contribution is 5.79. The molecule has 4 atom stereocenters.